The SMILES string of the molecule is NCc1ccc(NC(=O)C(F)(F)F)cc1. The summed E-state index contributed by atoms with van der Waals surface area (Å²) in [6.07, 6.45) is -4.87. The van der Waals surface area contributed by atoms with E-state index in [1.54, 1.807) is 17.4 Å². The number of rotatable bonds is 2. The third-order valence-electron chi connectivity index (χ3n) is 1.70. The Kier molecular flexibility index (Phi) is 3.31. The van der Waals surface area contributed by atoms with Gasteiger partial charge in [-0.3, -0.25) is 4.79 Å². The summed E-state index contributed by atoms with van der Waals surface area (Å²) in [6, 6.07) is 5.83. The van der Waals surface area contributed by atoms with Crippen molar-refractivity contribution in [2.45, 2.75) is 12.7 Å². The third kappa shape index (κ3) is 3.25. The number of halogens is 3. The van der Waals surface area contributed by atoms with E-state index in [1.165, 1.54) is 12.1 Å². The van der Waals surface area contributed by atoms with Crippen LogP contribution in [0.1, 0.15) is 5.56 Å². The molecule has 0 radical (unpaired) electrons. The van der Waals surface area contributed by atoms with Crippen molar-refractivity contribution in [3.05, 3.63) is 29.8 Å². The zero-order valence-corrected chi connectivity index (χ0v) is 7.64. The summed E-state index contributed by atoms with van der Waals surface area (Å²) >= 11 is 0. The molecule has 0 aliphatic heterocycles. The monoisotopic (exact) mass is 218 g/mol. The van der Waals surface area contributed by atoms with Crippen molar-refractivity contribution >= 4 is 11.6 Å². The molecule has 82 valence electrons. The number of alkyl halides is 3. The Morgan fingerprint density at radius 1 is 1.27 bits per heavy atom. The molecule has 0 aromatic heterocycles. The lowest BCUT2D eigenvalue weighted by Crippen LogP contribution is -2.29. The number of carbonyl (C=O) groups excluding carboxylic acids is 1. The first kappa shape index (κ1) is 11.5. The zero-order valence-electron chi connectivity index (χ0n) is 7.64. The Morgan fingerprint density at radius 3 is 2.20 bits per heavy atom. The van der Waals surface area contributed by atoms with Gasteiger partial charge in [-0.1, -0.05) is 12.1 Å². The number of nitrogens with two attached hydrogens (primary N) is 1. The molecule has 0 aliphatic rings. The van der Waals surface area contributed by atoms with Gasteiger partial charge in [0.1, 0.15) is 0 Å². The third-order valence-corrected chi connectivity index (χ3v) is 1.70. The molecule has 0 bridgehead atoms. The van der Waals surface area contributed by atoms with Gasteiger partial charge in [-0.15, -0.1) is 0 Å². The van der Waals surface area contributed by atoms with Crippen molar-refractivity contribution in [2.75, 3.05) is 5.32 Å². The maximum Gasteiger partial charge on any atom is 0.471 e. The molecule has 3 N–H and O–H groups in total. The molecule has 0 unspecified atom stereocenters. The Bertz CT molecular complexity index is 345. The fourth-order valence-corrected chi connectivity index (χ4v) is 0.926. The highest BCUT2D eigenvalue weighted by atomic mass is 19.4. The van der Waals surface area contributed by atoms with Crippen molar-refractivity contribution < 1.29 is 18.0 Å². The van der Waals surface area contributed by atoms with Crippen LogP contribution in [0.4, 0.5) is 18.9 Å². The van der Waals surface area contributed by atoms with Gasteiger partial charge >= 0.3 is 12.1 Å². The second-order valence-electron chi connectivity index (χ2n) is 2.85. The Balaban J connectivity index is 2.70. The van der Waals surface area contributed by atoms with Gasteiger partial charge in [-0.25, -0.2) is 0 Å². The van der Waals surface area contributed by atoms with Gasteiger partial charge in [0.15, 0.2) is 0 Å². The Morgan fingerprint density at radius 2 is 1.80 bits per heavy atom. The number of anilines is 1. The summed E-state index contributed by atoms with van der Waals surface area (Å²) in [5, 5.41) is 1.73. The van der Waals surface area contributed by atoms with Crippen LogP contribution in [0.2, 0.25) is 0 Å². The van der Waals surface area contributed by atoms with E-state index in [0.717, 1.165) is 5.56 Å². The summed E-state index contributed by atoms with van der Waals surface area (Å²) in [4.78, 5) is 10.5. The van der Waals surface area contributed by atoms with E-state index in [0.29, 0.717) is 6.54 Å². The average molecular weight is 218 g/mol. The summed E-state index contributed by atoms with van der Waals surface area (Å²) in [6.45, 7) is 0.299. The molecule has 0 saturated heterocycles. The average Bonchev–Trinajstić information content (AvgIpc) is 2.17. The number of hydrogen-bond donors (Lipinski definition) is 2. The Hall–Kier alpha value is -1.56. The fourth-order valence-electron chi connectivity index (χ4n) is 0.926. The van der Waals surface area contributed by atoms with Gasteiger partial charge in [0, 0.05) is 12.2 Å². The highest BCUT2D eigenvalue weighted by Gasteiger charge is 2.38. The van der Waals surface area contributed by atoms with Gasteiger partial charge in [0.2, 0.25) is 0 Å². The van der Waals surface area contributed by atoms with E-state index >= 15 is 0 Å². The molecule has 0 saturated carbocycles. The number of amides is 1. The van der Waals surface area contributed by atoms with Crippen molar-refractivity contribution in [2.24, 2.45) is 5.73 Å². The van der Waals surface area contributed by atoms with Crippen molar-refractivity contribution in [3.63, 3.8) is 0 Å². The largest absolute Gasteiger partial charge is 0.471 e. The van der Waals surface area contributed by atoms with Crippen LogP contribution in [-0.2, 0) is 11.3 Å². The molecular weight excluding hydrogens is 209 g/mol. The summed E-state index contributed by atoms with van der Waals surface area (Å²) in [5.74, 6) is -1.98. The van der Waals surface area contributed by atoms with E-state index in [4.69, 9.17) is 5.73 Å². The van der Waals surface area contributed by atoms with Crippen LogP contribution in [0, 0.1) is 0 Å². The summed E-state index contributed by atoms with van der Waals surface area (Å²) < 4.78 is 35.5. The first-order chi connectivity index (χ1) is 6.93. The van der Waals surface area contributed by atoms with Gasteiger partial charge in [0.05, 0.1) is 0 Å². The molecule has 1 aromatic carbocycles. The fraction of sp³-hybridized carbons (Fsp3) is 0.222. The van der Waals surface area contributed by atoms with E-state index in [1.807, 2.05) is 0 Å². The molecule has 0 aliphatic carbocycles. The van der Waals surface area contributed by atoms with E-state index in [-0.39, 0.29) is 5.69 Å². The number of carbonyl (C=O) groups is 1. The standard InChI is InChI=1S/C9H9F3N2O/c10-9(11,12)8(15)14-7-3-1-6(5-13)2-4-7/h1-4H,5,13H2,(H,14,15). The minimum Gasteiger partial charge on any atom is -0.326 e. The lowest BCUT2D eigenvalue weighted by molar-refractivity contribution is -0.167. The maximum absolute atomic E-state index is 11.8. The van der Waals surface area contributed by atoms with Crippen LogP contribution in [-0.4, -0.2) is 12.1 Å². The topological polar surface area (TPSA) is 55.1 Å². The molecule has 1 amide bonds. The van der Waals surface area contributed by atoms with Crippen LogP contribution in [0.25, 0.3) is 0 Å². The van der Waals surface area contributed by atoms with Crippen LogP contribution in [0.3, 0.4) is 0 Å². The summed E-state index contributed by atoms with van der Waals surface area (Å²) in [7, 11) is 0. The lowest BCUT2D eigenvalue weighted by atomic mass is 10.2. The second kappa shape index (κ2) is 4.31. The minimum absolute atomic E-state index is 0.0922. The van der Waals surface area contributed by atoms with Crippen LogP contribution in [0.5, 0.6) is 0 Å². The van der Waals surface area contributed by atoms with Crippen molar-refractivity contribution in [1.82, 2.24) is 0 Å². The number of benzene rings is 1. The number of hydrogen-bond acceptors (Lipinski definition) is 2. The lowest BCUT2D eigenvalue weighted by Gasteiger charge is -2.07. The molecule has 0 heterocycles. The highest BCUT2D eigenvalue weighted by Crippen LogP contribution is 2.18. The highest BCUT2D eigenvalue weighted by molar-refractivity contribution is 5.94. The molecule has 15 heavy (non-hydrogen) atoms. The van der Waals surface area contributed by atoms with Crippen LogP contribution in [0.15, 0.2) is 24.3 Å². The van der Waals surface area contributed by atoms with Crippen molar-refractivity contribution in [3.8, 4) is 0 Å². The predicted octanol–water partition coefficient (Wildman–Crippen LogP) is 1.65. The minimum atomic E-state index is -4.87. The normalized spacial score (nSPS) is 11.2. The van der Waals surface area contributed by atoms with Gasteiger partial charge < -0.3 is 11.1 Å². The van der Waals surface area contributed by atoms with E-state index in [2.05, 4.69) is 0 Å². The first-order valence-corrected chi connectivity index (χ1v) is 4.10. The predicted molar refractivity (Wildman–Crippen MR) is 49.0 cm³/mol. The summed E-state index contributed by atoms with van der Waals surface area (Å²) in [5.41, 5.74) is 6.17. The second-order valence-corrected chi connectivity index (χ2v) is 2.85. The van der Waals surface area contributed by atoms with Gasteiger partial charge in [-0.05, 0) is 17.7 Å². The van der Waals surface area contributed by atoms with Crippen molar-refractivity contribution in [1.29, 1.82) is 0 Å². The molecule has 0 fully saturated rings. The molecule has 0 atom stereocenters. The molecule has 6 heteroatoms. The molecule has 3 nitrogen and oxygen atoms in total. The van der Waals surface area contributed by atoms with Crippen LogP contribution < -0.4 is 11.1 Å². The van der Waals surface area contributed by atoms with Gasteiger partial charge in [0.25, 0.3) is 0 Å². The number of nitrogens with one attached hydrogen (secondary N) is 1. The smallest absolute Gasteiger partial charge is 0.326 e. The quantitative estimate of drug-likeness (QED) is 0.792. The van der Waals surface area contributed by atoms with E-state index < -0.39 is 12.1 Å². The zero-order chi connectivity index (χ0) is 11.5. The molecular formula is C9H9F3N2O. The van der Waals surface area contributed by atoms with Crippen LogP contribution >= 0.6 is 0 Å². The first-order valence-electron chi connectivity index (χ1n) is 4.10. The Labute approximate surface area is 84.1 Å². The molecule has 0 spiro atoms. The molecule has 1 aromatic rings. The van der Waals surface area contributed by atoms with Gasteiger partial charge in [-0.2, -0.15) is 13.2 Å². The van der Waals surface area contributed by atoms with E-state index in [9.17, 15) is 18.0 Å². The molecule has 1 rings (SSSR count). The maximum atomic E-state index is 11.8.